The van der Waals surface area contributed by atoms with Gasteiger partial charge < -0.3 is 39.4 Å². The number of amides is 2. The highest BCUT2D eigenvalue weighted by atomic mass is 79.9. The fourth-order valence-corrected chi connectivity index (χ4v) is 5.05. The number of carbonyl (C=O) groups excluding carboxylic acids is 2. The van der Waals surface area contributed by atoms with Crippen molar-refractivity contribution in [2.24, 2.45) is 5.10 Å². The highest BCUT2D eigenvalue weighted by Crippen LogP contribution is 2.37. The average molecular weight is 718 g/mol. The molecular formula is C32H34BrClN4O8. The van der Waals surface area contributed by atoms with Crippen LogP contribution in [0.4, 0.5) is 4.79 Å². The molecule has 0 saturated heterocycles. The highest BCUT2D eigenvalue weighted by Gasteiger charge is 2.32. The van der Waals surface area contributed by atoms with Crippen molar-refractivity contribution < 1.29 is 38.4 Å². The molecule has 0 aliphatic carbocycles. The molecule has 3 aromatic carbocycles. The predicted molar refractivity (Wildman–Crippen MR) is 175 cm³/mol. The Morgan fingerprint density at radius 2 is 1.85 bits per heavy atom. The summed E-state index contributed by atoms with van der Waals surface area (Å²) in [5.41, 5.74) is 5.39. The molecule has 2 atom stereocenters. The molecule has 0 spiro atoms. The minimum absolute atomic E-state index is 0.180. The molecule has 0 radical (unpaired) electrons. The fraction of sp³-hybridized carbons (Fsp3) is 0.281. The lowest BCUT2D eigenvalue weighted by atomic mass is 9.95. The van der Waals surface area contributed by atoms with Crippen molar-refractivity contribution >= 4 is 45.7 Å². The van der Waals surface area contributed by atoms with Crippen LogP contribution in [-0.2, 0) is 16.1 Å². The number of nitrogens with one attached hydrogen (secondary N) is 3. The molecule has 4 rings (SSSR count). The molecule has 4 N–H and O–H groups in total. The molecule has 46 heavy (non-hydrogen) atoms. The van der Waals surface area contributed by atoms with E-state index in [1.165, 1.54) is 20.4 Å². The number of aliphatic hydroxyl groups is 1. The quantitative estimate of drug-likeness (QED) is 0.0764. The molecule has 0 bridgehead atoms. The number of benzene rings is 3. The van der Waals surface area contributed by atoms with Crippen LogP contribution in [0.3, 0.4) is 0 Å². The van der Waals surface area contributed by atoms with E-state index in [1.54, 1.807) is 44.2 Å². The number of aliphatic hydroxyl groups excluding tert-OH is 1. The summed E-state index contributed by atoms with van der Waals surface area (Å²) in [5, 5.41) is 20.2. The Morgan fingerprint density at radius 3 is 2.54 bits per heavy atom. The number of rotatable bonds is 14. The second kappa shape index (κ2) is 16.2. The van der Waals surface area contributed by atoms with Gasteiger partial charge in [-0.05, 0) is 66.9 Å². The Bertz CT molecular complexity index is 1620. The molecule has 1 heterocycles. The Morgan fingerprint density at radius 1 is 1.09 bits per heavy atom. The van der Waals surface area contributed by atoms with Gasteiger partial charge in [-0.3, -0.25) is 5.43 Å². The van der Waals surface area contributed by atoms with Crippen LogP contribution in [0.5, 0.6) is 23.0 Å². The number of ether oxygens (including phenoxy) is 5. The van der Waals surface area contributed by atoms with Crippen LogP contribution in [-0.4, -0.2) is 57.0 Å². The Labute approximate surface area is 279 Å². The van der Waals surface area contributed by atoms with Crippen LogP contribution < -0.4 is 35.0 Å². The average Bonchev–Trinajstić information content (AvgIpc) is 3.03. The first-order valence-electron chi connectivity index (χ1n) is 14.1. The van der Waals surface area contributed by atoms with E-state index in [0.29, 0.717) is 58.1 Å². The van der Waals surface area contributed by atoms with Crippen molar-refractivity contribution in [2.45, 2.75) is 32.7 Å². The van der Waals surface area contributed by atoms with Crippen LogP contribution in [0.15, 0.2) is 75.4 Å². The lowest BCUT2D eigenvalue weighted by Gasteiger charge is -2.28. The van der Waals surface area contributed by atoms with Crippen LogP contribution >= 0.6 is 27.5 Å². The first-order valence-corrected chi connectivity index (χ1v) is 15.3. The molecule has 0 fully saturated rings. The summed E-state index contributed by atoms with van der Waals surface area (Å²) >= 11 is 9.90. The van der Waals surface area contributed by atoms with Gasteiger partial charge in [-0.15, -0.1) is 0 Å². The van der Waals surface area contributed by atoms with Gasteiger partial charge in [0.25, 0.3) is 0 Å². The van der Waals surface area contributed by atoms with E-state index in [2.05, 4.69) is 37.1 Å². The summed E-state index contributed by atoms with van der Waals surface area (Å²) in [6, 6.07) is 14.9. The predicted octanol–water partition coefficient (Wildman–Crippen LogP) is 5.21. The molecule has 244 valence electrons. The van der Waals surface area contributed by atoms with Gasteiger partial charge in [0.15, 0.2) is 29.2 Å². The third kappa shape index (κ3) is 8.83. The summed E-state index contributed by atoms with van der Waals surface area (Å²) in [6.07, 6.45) is 0.287. The third-order valence-electron chi connectivity index (χ3n) is 6.66. The first-order chi connectivity index (χ1) is 22.1. The molecule has 2 amide bonds. The molecule has 14 heteroatoms. The topological polar surface area (TPSA) is 149 Å². The number of allylic oxidation sites excluding steroid dienone is 1. The second-order valence-corrected chi connectivity index (χ2v) is 11.2. The molecular weight excluding hydrogens is 684 g/mol. The monoisotopic (exact) mass is 716 g/mol. The standard InChI is InChI=1S/C32H34BrClN4O8/c1-5-44-25-14-21(29-28(31(40)43-4)18(2)36-32(41)37-29)8-11-24(25)45-17-27(39)38-35-15-20-12-23(34)30(26(13-20)42-3)46-16-19-6-9-22(33)10-7-19/h6-15,27,29,38-39H,5,16-17H2,1-4H3,(H2,36,37,41)/b35-15-/t27-,29+/m1/s1. The van der Waals surface area contributed by atoms with Crippen molar-refractivity contribution in [1.29, 1.82) is 0 Å². The van der Waals surface area contributed by atoms with Gasteiger partial charge in [0.2, 0.25) is 0 Å². The van der Waals surface area contributed by atoms with Gasteiger partial charge in [0.1, 0.15) is 13.2 Å². The molecule has 1 aliphatic rings. The smallest absolute Gasteiger partial charge is 0.337 e. The summed E-state index contributed by atoms with van der Waals surface area (Å²) in [4.78, 5) is 24.6. The Hall–Kier alpha value is -4.46. The number of carbonyl (C=O) groups is 2. The van der Waals surface area contributed by atoms with Crippen LogP contribution in [0.1, 0.15) is 36.6 Å². The lowest BCUT2D eigenvalue weighted by molar-refractivity contribution is -0.136. The number of esters is 1. The van der Waals surface area contributed by atoms with Gasteiger partial charge >= 0.3 is 12.0 Å². The van der Waals surface area contributed by atoms with E-state index in [1.807, 2.05) is 24.3 Å². The number of methoxy groups -OCH3 is 2. The molecule has 1 aliphatic heterocycles. The van der Waals surface area contributed by atoms with E-state index in [-0.39, 0.29) is 12.2 Å². The normalized spacial score (nSPS) is 15.1. The molecule has 3 aromatic rings. The number of urea groups is 1. The summed E-state index contributed by atoms with van der Waals surface area (Å²) in [6.45, 7) is 3.87. The third-order valence-corrected chi connectivity index (χ3v) is 7.47. The second-order valence-electron chi connectivity index (χ2n) is 9.86. The highest BCUT2D eigenvalue weighted by molar-refractivity contribution is 9.10. The van der Waals surface area contributed by atoms with Crippen molar-refractivity contribution in [2.75, 3.05) is 27.4 Å². The number of hydrogen-bond donors (Lipinski definition) is 4. The SMILES string of the molecule is CCOc1cc([C@@H]2NC(=O)NC(C)=C2C(=O)OC)ccc1OC[C@@H](O)N/N=C\c1cc(Cl)c(OCc2ccc(Br)cc2)c(OC)c1. The molecule has 0 unspecified atom stereocenters. The largest absolute Gasteiger partial charge is 0.493 e. The van der Waals surface area contributed by atoms with E-state index < -0.39 is 24.3 Å². The maximum absolute atomic E-state index is 12.5. The van der Waals surface area contributed by atoms with Gasteiger partial charge in [-0.2, -0.15) is 5.10 Å². The van der Waals surface area contributed by atoms with Crippen molar-refractivity contribution in [3.8, 4) is 23.0 Å². The fourth-order valence-electron chi connectivity index (χ4n) is 4.51. The molecule has 0 aromatic heterocycles. The van der Waals surface area contributed by atoms with Crippen LogP contribution in [0, 0.1) is 0 Å². The minimum Gasteiger partial charge on any atom is -0.493 e. The Balaban J connectivity index is 1.38. The van der Waals surface area contributed by atoms with E-state index >= 15 is 0 Å². The maximum atomic E-state index is 12.5. The Kier molecular flexibility index (Phi) is 12.1. The van der Waals surface area contributed by atoms with Gasteiger partial charge in [0, 0.05) is 10.2 Å². The number of hydrazone groups is 1. The van der Waals surface area contributed by atoms with Gasteiger partial charge in [-0.1, -0.05) is 45.7 Å². The van der Waals surface area contributed by atoms with Crippen molar-refractivity contribution in [3.05, 3.63) is 92.1 Å². The summed E-state index contributed by atoms with van der Waals surface area (Å²) in [5.74, 6) is 0.942. The molecule has 12 nitrogen and oxygen atoms in total. The van der Waals surface area contributed by atoms with Crippen molar-refractivity contribution in [3.63, 3.8) is 0 Å². The maximum Gasteiger partial charge on any atom is 0.337 e. The number of halogens is 2. The zero-order chi connectivity index (χ0) is 33.2. The molecule has 0 saturated carbocycles. The van der Waals surface area contributed by atoms with E-state index in [9.17, 15) is 14.7 Å². The zero-order valence-corrected chi connectivity index (χ0v) is 27.9. The van der Waals surface area contributed by atoms with Crippen LogP contribution in [0.2, 0.25) is 5.02 Å². The zero-order valence-electron chi connectivity index (χ0n) is 25.6. The summed E-state index contributed by atoms with van der Waals surface area (Å²) in [7, 11) is 2.78. The van der Waals surface area contributed by atoms with Gasteiger partial charge in [-0.25, -0.2) is 9.59 Å². The number of nitrogens with zero attached hydrogens (tertiary/aromatic N) is 1. The number of hydrogen-bond acceptors (Lipinski definition) is 10. The lowest BCUT2D eigenvalue weighted by Crippen LogP contribution is -2.45. The van der Waals surface area contributed by atoms with Crippen LogP contribution in [0.25, 0.3) is 0 Å². The minimum atomic E-state index is -1.18. The van der Waals surface area contributed by atoms with Gasteiger partial charge in [0.05, 0.1) is 43.7 Å². The van der Waals surface area contributed by atoms with E-state index in [0.717, 1.165) is 10.0 Å². The summed E-state index contributed by atoms with van der Waals surface area (Å²) < 4.78 is 28.8. The van der Waals surface area contributed by atoms with Crippen molar-refractivity contribution in [1.82, 2.24) is 16.1 Å². The first kappa shape index (κ1) is 34.4. The van der Waals surface area contributed by atoms with E-state index in [4.69, 9.17) is 35.3 Å².